The van der Waals surface area contributed by atoms with Crippen molar-refractivity contribution >= 4 is 5.95 Å². The van der Waals surface area contributed by atoms with Crippen LogP contribution in [-0.4, -0.2) is 27.6 Å². The Balaban J connectivity index is 2.22. The summed E-state index contributed by atoms with van der Waals surface area (Å²) in [6.45, 7) is 6.94. The van der Waals surface area contributed by atoms with Crippen LogP contribution in [0, 0.1) is 0 Å². The first kappa shape index (κ1) is 14.2. The summed E-state index contributed by atoms with van der Waals surface area (Å²) in [5.74, 6) is 1.39. The highest BCUT2D eigenvalue weighted by atomic mass is 16.5. The number of rotatable bonds is 6. The molecule has 2 heterocycles. The van der Waals surface area contributed by atoms with Gasteiger partial charge in [-0.25, -0.2) is 9.97 Å². The van der Waals surface area contributed by atoms with Crippen molar-refractivity contribution in [1.82, 2.24) is 15.0 Å². The summed E-state index contributed by atoms with van der Waals surface area (Å²) in [7, 11) is 0. The van der Waals surface area contributed by atoms with Gasteiger partial charge in [0.05, 0.1) is 18.0 Å². The van der Waals surface area contributed by atoms with Gasteiger partial charge in [0.1, 0.15) is 5.75 Å². The highest BCUT2D eigenvalue weighted by molar-refractivity contribution is 5.60. The molecule has 0 amide bonds. The number of ether oxygens (including phenoxy) is 1. The number of pyridine rings is 1. The highest BCUT2D eigenvalue weighted by Crippen LogP contribution is 2.22. The Morgan fingerprint density at radius 2 is 2.15 bits per heavy atom. The average molecular weight is 272 g/mol. The molecular formula is C15H20N4O. The van der Waals surface area contributed by atoms with Crippen molar-refractivity contribution in [2.45, 2.75) is 33.3 Å². The Morgan fingerprint density at radius 1 is 1.30 bits per heavy atom. The minimum absolute atomic E-state index is 0.124. The van der Waals surface area contributed by atoms with Crippen LogP contribution in [0.1, 0.15) is 27.2 Å². The molecule has 0 aliphatic carbocycles. The van der Waals surface area contributed by atoms with E-state index in [0.717, 1.165) is 30.0 Å². The topological polar surface area (TPSA) is 59.9 Å². The number of nitrogens with zero attached hydrogens (tertiary/aromatic N) is 3. The van der Waals surface area contributed by atoms with Gasteiger partial charge < -0.3 is 10.1 Å². The second-order valence-corrected chi connectivity index (χ2v) is 4.77. The summed E-state index contributed by atoms with van der Waals surface area (Å²) < 4.78 is 5.65. The first-order valence-electron chi connectivity index (χ1n) is 6.88. The summed E-state index contributed by atoms with van der Waals surface area (Å²) in [4.78, 5) is 12.9. The lowest BCUT2D eigenvalue weighted by Gasteiger charge is -2.10. The summed E-state index contributed by atoms with van der Waals surface area (Å²) in [5, 5.41) is 3.18. The standard InChI is InChI=1S/C15H20N4O/c1-4-6-17-15-18-7-5-14(19-15)12-8-13(10-16-9-12)20-11(2)3/h5,7-11H,4,6H2,1-3H3,(H,17,18,19). The molecule has 0 aliphatic rings. The number of hydrogen-bond acceptors (Lipinski definition) is 5. The van der Waals surface area contributed by atoms with Crippen LogP contribution in [0.25, 0.3) is 11.3 Å². The average Bonchev–Trinajstić information content (AvgIpc) is 2.45. The van der Waals surface area contributed by atoms with Gasteiger partial charge in [-0.15, -0.1) is 0 Å². The largest absolute Gasteiger partial charge is 0.489 e. The molecule has 0 unspecified atom stereocenters. The van der Waals surface area contributed by atoms with Crippen molar-refractivity contribution in [2.24, 2.45) is 0 Å². The fraction of sp³-hybridized carbons (Fsp3) is 0.400. The first-order valence-corrected chi connectivity index (χ1v) is 6.88. The molecule has 2 aromatic rings. The maximum absolute atomic E-state index is 5.65. The van der Waals surface area contributed by atoms with E-state index >= 15 is 0 Å². The zero-order chi connectivity index (χ0) is 14.4. The molecule has 0 atom stereocenters. The Kier molecular flexibility index (Phi) is 4.87. The van der Waals surface area contributed by atoms with Crippen LogP contribution in [0.2, 0.25) is 0 Å². The van der Waals surface area contributed by atoms with Crippen LogP contribution in [0.5, 0.6) is 5.75 Å². The Bertz CT molecular complexity index is 557. The van der Waals surface area contributed by atoms with E-state index in [-0.39, 0.29) is 6.10 Å². The molecule has 0 radical (unpaired) electrons. The molecule has 5 heteroatoms. The molecule has 5 nitrogen and oxygen atoms in total. The van der Waals surface area contributed by atoms with Gasteiger partial charge in [-0.1, -0.05) is 6.92 Å². The maximum Gasteiger partial charge on any atom is 0.223 e. The van der Waals surface area contributed by atoms with Crippen molar-refractivity contribution in [2.75, 3.05) is 11.9 Å². The van der Waals surface area contributed by atoms with Crippen molar-refractivity contribution in [3.8, 4) is 17.0 Å². The van der Waals surface area contributed by atoms with E-state index in [9.17, 15) is 0 Å². The van der Waals surface area contributed by atoms with Gasteiger partial charge in [0.15, 0.2) is 0 Å². The zero-order valence-corrected chi connectivity index (χ0v) is 12.1. The predicted octanol–water partition coefficient (Wildman–Crippen LogP) is 3.15. The van der Waals surface area contributed by atoms with E-state index in [0.29, 0.717) is 5.95 Å². The molecule has 1 N–H and O–H groups in total. The Morgan fingerprint density at radius 3 is 2.90 bits per heavy atom. The molecular weight excluding hydrogens is 252 g/mol. The first-order chi connectivity index (χ1) is 9.69. The second-order valence-electron chi connectivity index (χ2n) is 4.77. The fourth-order valence-electron chi connectivity index (χ4n) is 1.74. The lowest BCUT2D eigenvalue weighted by molar-refractivity contribution is 0.241. The molecule has 2 rings (SSSR count). The van der Waals surface area contributed by atoms with Crippen molar-refractivity contribution < 1.29 is 4.74 Å². The van der Waals surface area contributed by atoms with Gasteiger partial charge in [0.25, 0.3) is 0 Å². The number of aromatic nitrogens is 3. The van der Waals surface area contributed by atoms with Crippen LogP contribution < -0.4 is 10.1 Å². The zero-order valence-electron chi connectivity index (χ0n) is 12.1. The lowest BCUT2D eigenvalue weighted by atomic mass is 10.2. The maximum atomic E-state index is 5.65. The summed E-state index contributed by atoms with van der Waals surface area (Å²) in [6.07, 6.45) is 6.39. The monoisotopic (exact) mass is 272 g/mol. The smallest absolute Gasteiger partial charge is 0.223 e. The van der Waals surface area contributed by atoms with Crippen LogP contribution in [0.4, 0.5) is 5.95 Å². The summed E-state index contributed by atoms with van der Waals surface area (Å²) in [5.41, 5.74) is 1.76. The molecule has 0 spiro atoms. The third-order valence-corrected chi connectivity index (χ3v) is 2.57. The van der Waals surface area contributed by atoms with E-state index in [4.69, 9.17) is 4.74 Å². The van der Waals surface area contributed by atoms with Gasteiger partial charge in [-0.05, 0) is 32.4 Å². The van der Waals surface area contributed by atoms with Crippen molar-refractivity contribution in [3.63, 3.8) is 0 Å². The molecule has 0 bridgehead atoms. The number of hydrogen-bond donors (Lipinski definition) is 1. The fourth-order valence-corrected chi connectivity index (χ4v) is 1.74. The van der Waals surface area contributed by atoms with E-state index < -0.39 is 0 Å². The normalized spacial score (nSPS) is 10.6. The molecule has 0 saturated carbocycles. The van der Waals surface area contributed by atoms with Crippen LogP contribution in [0.15, 0.2) is 30.7 Å². The van der Waals surface area contributed by atoms with Crippen molar-refractivity contribution in [3.05, 3.63) is 30.7 Å². The molecule has 0 aromatic carbocycles. The molecule has 2 aromatic heterocycles. The lowest BCUT2D eigenvalue weighted by Crippen LogP contribution is -2.06. The van der Waals surface area contributed by atoms with Gasteiger partial charge >= 0.3 is 0 Å². The molecule has 20 heavy (non-hydrogen) atoms. The number of nitrogens with one attached hydrogen (secondary N) is 1. The van der Waals surface area contributed by atoms with E-state index in [1.54, 1.807) is 18.6 Å². The molecule has 0 aliphatic heterocycles. The predicted molar refractivity (Wildman–Crippen MR) is 79.8 cm³/mol. The van der Waals surface area contributed by atoms with Crippen LogP contribution >= 0.6 is 0 Å². The van der Waals surface area contributed by atoms with E-state index in [1.807, 2.05) is 26.0 Å². The summed E-state index contributed by atoms with van der Waals surface area (Å²) >= 11 is 0. The number of anilines is 1. The highest BCUT2D eigenvalue weighted by Gasteiger charge is 2.05. The van der Waals surface area contributed by atoms with E-state index in [2.05, 4.69) is 27.2 Å². The third kappa shape index (κ3) is 3.91. The van der Waals surface area contributed by atoms with E-state index in [1.165, 1.54) is 0 Å². The Labute approximate surface area is 119 Å². The molecule has 106 valence electrons. The minimum atomic E-state index is 0.124. The second kappa shape index (κ2) is 6.84. The SMILES string of the molecule is CCCNc1nccc(-c2cncc(OC(C)C)c2)n1. The van der Waals surface area contributed by atoms with Gasteiger partial charge in [0, 0.05) is 24.5 Å². The summed E-state index contributed by atoms with van der Waals surface area (Å²) in [6, 6.07) is 3.81. The van der Waals surface area contributed by atoms with Crippen LogP contribution in [0.3, 0.4) is 0 Å². The Hall–Kier alpha value is -2.17. The quantitative estimate of drug-likeness (QED) is 0.875. The minimum Gasteiger partial charge on any atom is -0.489 e. The molecule has 0 fully saturated rings. The molecule has 0 saturated heterocycles. The van der Waals surface area contributed by atoms with Gasteiger partial charge in [-0.2, -0.15) is 0 Å². The third-order valence-electron chi connectivity index (χ3n) is 2.57. The van der Waals surface area contributed by atoms with Gasteiger partial charge in [-0.3, -0.25) is 4.98 Å². The van der Waals surface area contributed by atoms with Crippen molar-refractivity contribution in [1.29, 1.82) is 0 Å². The van der Waals surface area contributed by atoms with Gasteiger partial charge in [0.2, 0.25) is 5.95 Å². The van der Waals surface area contributed by atoms with Crippen LogP contribution in [-0.2, 0) is 0 Å².